The van der Waals surface area contributed by atoms with Crippen LogP contribution in [-0.2, 0) is 10.1 Å². The zero-order chi connectivity index (χ0) is 19.7. The van der Waals surface area contributed by atoms with Crippen LogP contribution in [0.1, 0.15) is 0 Å². The Bertz CT molecular complexity index is 489. The molecule has 4 nitrogen and oxygen atoms in total. The first-order valence-corrected chi connectivity index (χ1v) is 5.85. The molecule has 0 rings (SSSR count). The fourth-order valence-electron chi connectivity index (χ4n) is 0.523. The van der Waals surface area contributed by atoms with Crippen molar-refractivity contribution in [2.45, 2.75) is 29.5 Å². The van der Waals surface area contributed by atoms with Gasteiger partial charge in [0.25, 0.3) is 0 Å². The van der Waals surface area contributed by atoms with E-state index in [2.05, 4.69) is 0 Å². The maximum Gasteiger partial charge on any atom is 0.460 e. The molecule has 0 aliphatic carbocycles. The highest BCUT2D eigenvalue weighted by Crippen LogP contribution is 2.54. The molecule has 0 amide bonds. The minimum Gasteiger partial charge on any atom is -0.387 e. The van der Waals surface area contributed by atoms with Crippen molar-refractivity contribution in [2.75, 3.05) is 6.61 Å². The first-order chi connectivity index (χ1) is 9.56. The maximum absolute atomic E-state index is 12.2. The Morgan fingerprint density at radius 3 is 1.09 bits per heavy atom. The van der Waals surface area contributed by atoms with Gasteiger partial charge in [0, 0.05) is 0 Å². The maximum atomic E-state index is 12.2. The largest absolute Gasteiger partial charge is 0.460 e. The molecular weight excluding hydrogens is 396 g/mol. The average Bonchev–Trinajstić information content (AvgIpc) is 2.25. The number of halogens is 12. The number of aliphatic hydroxyl groups is 1. The quantitative estimate of drug-likeness (QED) is 0.565. The molecule has 17 heteroatoms. The Balaban J connectivity index is 0. The van der Waals surface area contributed by atoms with E-state index in [9.17, 15) is 61.1 Å². The van der Waals surface area contributed by atoms with Crippen molar-refractivity contribution in [2.24, 2.45) is 0 Å². The van der Waals surface area contributed by atoms with E-state index in [0.717, 1.165) is 0 Å². The van der Waals surface area contributed by atoms with Gasteiger partial charge >= 0.3 is 39.6 Å². The van der Waals surface area contributed by atoms with Crippen LogP contribution in [0.5, 0.6) is 0 Å². The van der Waals surface area contributed by atoms with E-state index in [1.807, 2.05) is 0 Å². The van der Waals surface area contributed by atoms with Crippen LogP contribution in [0.3, 0.4) is 0 Å². The summed E-state index contributed by atoms with van der Waals surface area (Å²) in [6.07, 6.45) is -11.5. The second kappa shape index (κ2) is 6.50. The van der Waals surface area contributed by atoms with E-state index in [0.29, 0.717) is 0 Å². The number of hydrogen-bond acceptors (Lipinski definition) is 3. The first kappa shape index (κ1) is 24.3. The fourth-order valence-corrected chi connectivity index (χ4v) is 0.975. The lowest BCUT2D eigenvalue weighted by Gasteiger charge is -2.31. The molecule has 0 heterocycles. The van der Waals surface area contributed by atoms with Crippen LogP contribution in [0, 0.1) is 0 Å². The van der Waals surface area contributed by atoms with Crippen molar-refractivity contribution < 1.29 is 70.8 Å². The van der Waals surface area contributed by atoms with Gasteiger partial charge in [-0.05, 0) is 0 Å². The molecule has 0 bridgehead atoms. The van der Waals surface area contributed by atoms with Crippen molar-refractivity contribution in [3.63, 3.8) is 0 Å². The van der Waals surface area contributed by atoms with Gasteiger partial charge in [0.05, 0.1) is 0 Å². The molecule has 0 saturated heterocycles. The van der Waals surface area contributed by atoms with E-state index in [-0.39, 0.29) is 0 Å². The van der Waals surface area contributed by atoms with Crippen molar-refractivity contribution in [1.82, 2.24) is 0 Å². The van der Waals surface area contributed by atoms with Gasteiger partial charge in [-0.15, -0.1) is 0 Å². The van der Waals surface area contributed by atoms with Crippen molar-refractivity contribution >= 4 is 10.1 Å². The SMILES string of the molecule is O=S(=O)(O)C(F)(F)C(F)(F)C(F)(F)C(F)(F)F.OCC(F)(F)F. The third kappa shape index (κ3) is 5.27. The summed E-state index contributed by atoms with van der Waals surface area (Å²) < 4.78 is 166. The van der Waals surface area contributed by atoms with E-state index in [1.54, 1.807) is 0 Å². The summed E-state index contributed by atoms with van der Waals surface area (Å²) >= 11 is 0. The van der Waals surface area contributed by atoms with E-state index >= 15 is 0 Å². The summed E-state index contributed by atoms with van der Waals surface area (Å²) in [7, 11) is -7.17. The van der Waals surface area contributed by atoms with Crippen molar-refractivity contribution in [1.29, 1.82) is 0 Å². The zero-order valence-electron chi connectivity index (χ0n) is 9.86. The molecular formula is C6H4F12O4S. The zero-order valence-corrected chi connectivity index (χ0v) is 10.7. The second-order valence-corrected chi connectivity index (χ2v) is 4.87. The van der Waals surface area contributed by atoms with Crippen LogP contribution in [0.15, 0.2) is 0 Å². The van der Waals surface area contributed by atoms with Gasteiger partial charge in [-0.1, -0.05) is 0 Å². The standard InChI is InChI=1S/C4HF9O3S.C2H3F3O/c5-1(6,3(9,10)11)2(7,8)4(12,13)17(14,15)16;3-2(4,5)1-6/h(H,14,15,16);6H,1H2. The van der Waals surface area contributed by atoms with Crippen molar-refractivity contribution in [3.05, 3.63) is 0 Å². The van der Waals surface area contributed by atoms with Gasteiger partial charge in [-0.2, -0.15) is 61.1 Å². The molecule has 0 atom stereocenters. The van der Waals surface area contributed by atoms with Crippen LogP contribution in [-0.4, -0.2) is 54.1 Å². The molecule has 0 unspecified atom stereocenters. The Morgan fingerprint density at radius 1 is 0.696 bits per heavy atom. The minimum atomic E-state index is -7.37. The number of rotatable bonds is 3. The van der Waals surface area contributed by atoms with Crippen LogP contribution < -0.4 is 0 Å². The highest BCUT2D eigenvalue weighted by atomic mass is 32.2. The van der Waals surface area contributed by atoms with Crippen LogP contribution >= 0.6 is 0 Å². The van der Waals surface area contributed by atoms with E-state index < -0.39 is 46.2 Å². The summed E-state index contributed by atoms with van der Waals surface area (Å²) in [6.45, 7) is -1.73. The first-order valence-electron chi connectivity index (χ1n) is 4.41. The Hall–Kier alpha value is -0.970. The number of alkyl halides is 12. The second-order valence-electron chi connectivity index (χ2n) is 3.41. The molecule has 142 valence electrons. The third-order valence-electron chi connectivity index (χ3n) is 1.62. The van der Waals surface area contributed by atoms with Gasteiger partial charge in [-0.25, -0.2) is 0 Å². The molecule has 2 N–H and O–H groups in total. The molecule has 23 heavy (non-hydrogen) atoms. The van der Waals surface area contributed by atoms with Gasteiger partial charge in [0.1, 0.15) is 6.61 Å². The monoisotopic (exact) mass is 400 g/mol. The fraction of sp³-hybridized carbons (Fsp3) is 1.00. The summed E-state index contributed by atoms with van der Waals surface area (Å²) in [5.74, 6) is -14.7. The third-order valence-corrected chi connectivity index (χ3v) is 2.52. The number of hydrogen-bond donors (Lipinski definition) is 2. The van der Waals surface area contributed by atoms with Gasteiger partial charge in [0.15, 0.2) is 0 Å². The molecule has 0 saturated carbocycles. The summed E-state index contributed by atoms with van der Waals surface area (Å²) in [5, 5.41) is 0.277. The minimum absolute atomic E-state index is 1.73. The molecule has 0 aromatic heterocycles. The normalized spacial score (nSPS) is 15.0. The molecule has 0 aromatic carbocycles. The van der Waals surface area contributed by atoms with Crippen LogP contribution in [0.4, 0.5) is 52.7 Å². The van der Waals surface area contributed by atoms with Gasteiger partial charge in [-0.3, -0.25) is 4.55 Å². The molecule has 0 spiro atoms. The summed E-state index contributed by atoms with van der Waals surface area (Å²) in [5.41, 5.74) is 0. The molecule has 0 aromatic rings. The average molecular weight is 400 g/mol. The van der Waals surface area contributed by atoms with Crippen molar-refractivity contribution in [3.8, 4) is 0 Å². The van der Waals surface area contributed by atoms with E-state index in [4.69, 9.17) is 9.66 Å². The highest BCUT2D eigenvalue weighted by Gasteiger charge is 2.85. The highest BCUT2D eigenvalue weighted by molar-refractivity contribution is 7.87. The predicted octanol–water partition coefficient (Wildman–Crippen LogP) is 2.84. The lowest BCUT2D eigenvalue weighted by Crippen LogP contribution is -2.63. The predicted molar refractivity (Wildman–Crippen MR) is 45.6 cm³/mol. The Kier molecular flexibility index (Phi) is 6.86. The topological polar surface area (TPSA) is 74.6 Å². The van der Waals surface area contributed by atoms with Gasteiger partial charge < -0.3 is 5.11 Å². The lowest BCUT2D eigenvalue weighted by molar-refractivity contribution is -0.382. The summed E-state index contributed by atoms with van der Waals surface area (Å²) in [4.78, 5) is 0. The molecule has 0 aliphatic rings. The molecule has 0 aliphatic heterocycles. The van der Waals surface area contributed by atoms with Crippen LogP contribution in [0.25, 0.3) is 0 Å². The Morgan fingerprint density at radius 2 is 0.957 bits per heavy atom. The number of aliphatic hydroxyl groups excluding tert-OH is 1. The van der Waals surface area contributed by atoms with Crippen LogP contribution in [0.2, 0.25) is 0 Å². The van der Waals surface area contributed by atoms with Gasteiger partial charge in [0.2, 0.25) is 0 Å². The summed E-state index contributed by atoms with van der Waals surface area (Å²) in [6, 6.07) is 0. The lowest BCUT2D eigenvalue weighted by atomic mass is 10.1. The molecule has 0 fully saturated rings. The smallest absolute Gasteiger partial charge is 0.387 e. The Labute approximate surface area is 118 Å². The van der Waals surface area contributed by atoms with E-state index in [1.165, 1.54) is 0 Å². The molecule has 0 radical (unpaired) electrons.